The van der Waals surface area contributed by atoms with Crippen molar-refractivity contribution in [2.24, 2.45) is 0 Å². The van der Waals surface area contributed by atoms with Crippen LogP contribution in [0.4, 0.5) is 0 Å². The molecule has 0 atom stereocenters. The van der Waals surface area contributed by atoms with Gasteiger partial charge in [-0.25, -0.2) is 4.68 Å². The zero-order valence-corrected chi connectivity index (χ0v) is 23.8. The molecule has 0 radical (unpaired) electrons. The number of amides is 1. The molecule has 198 valence electrons. The number of thioether (sulfide) groups is 1. The van der Waals surface area contributed by atoms with Gasteiger partial charge < -0.3 is 4.74 Å². The maximum absolute atomic E-state index is 13.3. The average molecular weight is 546 g/mol. The Morgan fingerprint density at radius 1 is 1.08 bits per heavy atom. The number of hydrogen-bond acceptors (Lipinski definition) is 5. The summed E-state index contributed by atoms with van der Waals surface area (Å²) in [6.07, 6.45) is 12.7. The van der Waals surface area contributed by atoms with Crippen LogP contribution in [0.15, 0.2) is 72.3 Å². The fraction of sp³-hybridized carbons (Fsp3) is 0.323. The molecule has 3 aromatic rings. The summed E-state index contributed by atoms with van der Waals surface area (Å²) in [5.41, 5.74) is 4.65. The molecule has 1 aliphatic rings. The van der Waals surface area contributed by atoms with E-state index in [-0.39, 0.29) is 5.91 Å². The highest BCUT2D eigenvalue weighted by molar-refractivity contribution is 8.26. The lowest BCUT2D eigenvalue weighted by atomic mass is 10.0. The number of hydrogen-bond donors (Lipinski definition) is 0. The van der Waals surface area contributed by atoms with Gasteiger partial charge in [0.1, 0.15) is 22.4 Å². The average Bonchev–Trinajstić information content (AvgIpc) is 3.46. The molecule has 1 saturated heterocycles. The molecule has 1 amide bonds. The monoisotopic (exact) mass is 545 g/mol. The number of aromatic nitrogens is 2. The Hall–Kier alpha value is -3.16. The van der Waals surface area contributed by atoms with Crippen molar-refractivity contribution in [3.63, 3.8) is 0 Å². The van der Waals surface area contributed by atoms with Crippen molar-refractivity contribution in [1.29, 1.82) is 0 Å². The van der Waals surface area contributed by atoms with E-state index >= 15 is 0 Å². The topological polar surface area (TPSA) is 47.4 Å². The minimum Gasteiger partial charge on any atom is -0.490 e. The molecule has 2 heterocycles. The third-order valence-electron chi connectivity index (χ3n) is 6.48. The molecule has 0 spiro atoms. The lowest BCUT2D eigenvalue weighted by Gasteiger charge is -2.14. The molecular weight excluding hydrogens is 510 g/mol. The van der Waals surface area contributed by atoms with Gasteiger partial charge in [-0.05, 0) is 55.3 Å². The van der Waals surface area contributed by atoms with Crippen LogP contribution in [-0.4, -0.2) is 38.1 Å². The first-order chi connectivity index (χ1) is 18.5. The lowest BCUT2D eigenvalue weighted by Crippen LogP contribution is -2.29. The molecule has 38 heavy (non-hydrogen) atoms. The van der Waals surface area contributed by atoms with Gasteiger partial charge in [-0.15, -0.1) is 0 Å². The second-order valence-corrected chi connectivity index (χ2v) is 11.1. The normalized spacial score (nSPS) is 14.5. The second-order valence-electron chi connectivity index (χ2n) is 9.39. The number of thiocarbonyl (C=S) groups is 1. The van der Waals surface area contributed by atoms with E-state index in [9.17, 15) is 4.79 Å². The molecule has 1 aliphatic heterocycles. The van der Waals surface area contributed by atoms with Gasteiger partial charge >= 0.3 is 0 Å². The fourth-order valence-electron chi connectivity index (χ4n) is 4.45. The van der Waals surface area contributed by atoms with E-state index in [1.165, 1.54) is 37.4 Å². The van der Waals surface area contributed by atoms with E-state index in [0.717, 1.165) is 46.7 Å². The minimum absolute atomic E-state index is 0.0168. The van der Waals surface area contributed by atoms with E-state index in [1.807, 2.05) is 72.4 Å². The van der Waals surface area contributed by atoms with Gasteiger partial charge in [-0.1, -0.05) is 93.9 Å². The molecule has 7 heteroatoms. The van der Waals surface area contributed by atoms with Gasteiger partial charge in [0.25, 0.3) is 5.91 Å². The zero-order valence-electron chi connectivity index (χ0n) is 22.2. The lowest BCUT2D eigenvalue weighted by molar-refractivity contribution is -0.122. The highest BCUT2D eigenvalue weighted by Gasteiger charge is 2.32. The van der Waals surface area contributed by atoms with Gasteiger partial charge in [0.15, 0.2) is 0 Å². The molecule has 1 aromatic heterocycles. The molecule has 0 saturated carbocycles. The number of carbonyl (C=O) groups excluding carboxylic acids is 1. The Balaban J connectivity index is 1.61. The predicted molar refractivity (Wildman–Crippen MR) is 163 cm³/mol. The molecule has 0 bridgehead atoms. The van der Waals surface area contributed by atoms with Crippen molar-refractivity contribution in [2.75, 3.05) is 13.2 Å². The summed E-state index contributed by atoms with van der Waals surface area (Å²) < 4.78 is 8.21. The van der Waals surface area contributed by atoms with Crippen LogP contribution in [0.1, 0.15) is 56.6 Å². The Kier molecular flexibility index (Phi) is 9.96. The third kappa shape index (κ3) is 6.83. The number of benzene rings is 2. The third-order valence-corrected chi connectivity index (χ3v) is 7.86. The van der Waals surface area contributed by atoms with Gasteiger partial charge in [0.05, 0.1) is 10.6 Å². The number of rotatable bonds is 13. The Labute approximate surface area is 235 Å². The number of para-hydroxylation sites is 1. The first-order valence-corrected chi connectivity index (χ1v) is 14.5. The fourth-order valence-corrected chi connectivity index (χ4v) is 5.75. The molecule has 2 aromatic carbocycles. The number of ether oxygens (including phenoxy) is 1. The molecule has 0 unspecified atom stereocenters. The van der Waals surface area contributed by atoms with Crippen LogP contribution in [0.2, 0.25) is 0 Å². The van der Waals surface area contributed by atoms with E-state index in [1.54, 1.807) is 11.0 Å². The van der Waals surface area contributed by atoms with Crippen molar-refractivity contribution in [3.8, 4) is 22.7 Å². The minimum atomic E-state index is -0.0168. The van der Waals surface area contributed by atoms with E-state index < -0.39 is 0 Å². The maximum atomic E-state index is 13.3. The standard InChI is InChI=1S/C31H35N3O2S2/c1-4-6-7-8-9-13-18-33-30(35)28(38-31(33)37)21-24-22-34(25-14-11-10-12-15-25)32-29(24)27-17-16-26(20-23(27)3)36-19-5-2/h5,10-12,14-17,20-22H,2,4,6-9,13,18-19H2,1,3H3. The summed E-state index contributed by atoms with van der Waals surface area (Å²) in [4.78, 5) is 15.7. The van der Waals surface area contributed by atoms with Crippen molar-refractivity contribution in [1.82, 2.24) is 14.7 Å². The molecule has 4 rings (SSSR count). The molecular formula is C31H35N3O2S2. The van der Waals surface area contributed by atoms with Crippen molar-refractivity contribution in [3.05, 3.63) is 83.4 Å². The smallest absolute Gasteiger partial charge is 0.266 e. The van der Waals surface area contributed by atoms with Gasteiger partial charge in [-0.3, -0.25) is 9.69 Å². The van der Waals surface area contributed by atoms with Crippen LogP contribution in [0, 0.1) is 6.92 Å². The predicted octanol–water partition coefficient (Wildman–Crippen LogP) is 7.97. The van der Waals surface area contributed by atoms with Gasteiger partial charge in [0, 0.05) is 23.9 Å². The summed E-state index contributed by atoms with van der Waals surface area (Å²) in [5, 5.41) is 4.94. The van der Waals surface area contributed by atoms with Crippen LogP contribution in [-0.2, 0) is 4.79 Å². The van der Waals surface area contributed by atoms with Crippen molar-refractivity contribution in [2.45, 2.75) is 52.4 Å². The highest BCUT2D eigenvalue weighted by atomic mass is 32.2. The molecule has 0 N–H and O–H groups in total. The van der Waals surface area contributed by atoms with Gasteiger partial charge in [0.2, 0.25) is 0 Å². The number of carbonyl (C=O) groups is 1. The zero-order chi connectivity index (χ0) is 26.9. The number of aryl methyl sites for hydroxylation is 1. The first-order valence-electron chi connectivity index (χ1n) is 13.3. The Morgan fingerprint density at radius 3 is 2.58 bits per heavy atom. The van der Waals surface area contributed by atoms with Crippen molar-refractivity contribution < 1.29 is 9.53 Å². The van der Waals surface area contributed by atoms with E-state index in [4.69, 9.17) is 22.1 Å². The SMILES string of the molecule is C=CCOc1ccc(-c2nn(-c3ccccc3)cc2C=C2SC(=S)N(CCCCCCCC)C2=O)c(C)c1. The summed E-state index contributed by atoms with van der Waals surface area (Å²) in [7, 11) is 0. The van der Waals surface area contributed by atoms with Crippen LogP contribution in [0.25, 0.3) is 23.0 Å². The van der Waals surface area contributed by atoms with Crippen LogP contribution < -0.4 is 4.74 Å². The summed E-state index contributed by atoms with van der Waals surface area (Å²) in [6.45, 7) is 9.11. The Bertz CT molecular complexity index is 1310. The van der Waals surface area contributed by atoms with Crippen LogP contribution >= 0.6 is 24.0 Å². The number of nitrogens with zero attached hydrogens (tertiary/aromatic N) is 3. The number of unbranched alkanes of at least 4 members (excludes halogenated alkanes) is 5. The summed E-state index contributed by atoms with van der Waals surface area (Å²) in [5.74, 6) is 0.766. The van der Waals surface area contributed by atoms with Crippen LogP contribution in [0.5, 0.6) is 5.75 Å². The highest BCUT2D eigenvalue weighted by Crippen LogP contribution is 2.36. The molecule has 5 nitrogen and oxygen atoms in total. The van der Waals surface area contributed by atoms with Crippen molar-refractivity contribution >= 4 is 40.3 Å². The first kappa shape index (κ1) is 27.9. The van der Waals surface area contributed by atoms with E-state index in [0.29, 0.717) is 22.4 Å². The quantitative estimate of drug-likeness (QED) is 0.0943. The summed E-state index contributed by atoms with van der Waals surface area (Å²) >= 11 is 6.97. The second kappa shape index (κ2) is 13.6. The largest absolute Gasteiger partial charge is 0.490 e. The molecule has 1 fully saturated rings. The summed E-state index contributed by atoms with van der Waals surface area (Å²) in [6, 6.07) is 15.9. The Morgan fingerprint density at radius 2 is 1.84 bits per heavy atom. The maximum Gasteiger partial charge on any atom is 0.266 e. The molecule has 0 aliphatic carbocycles. The van der Waals surface area contributed by atoms with Crippen LogP contribution in [0.3, 0.4) is 0 Å². The van der Waals surface area contributed by atoms with Gasteiger partial charge in [-0.2, -0.15) is 5.10 Å². The van der Waals surface area contributed by atoms with E-state index in [2.05, 4.69) is 13.5 Å².